The predicted octanol–water partition coefficient (Wildman–Crippen LogP) is 3.62. The Bertz CT molecular complexity index is 969. The molecule has 4 aromatic rings. The molecule has 0 spiro atoms. The molecule has 23 heavy (non-hydrogen) atoms. The fraction of sp³-hybridized carbons (Fsp3) is 0.0625. The van der Waals surface area contributed by atoms with Crippen molar-refractivity contribution in [1.29, 1.82) is 0 Å². The van der Waals surface area contributed by atoms with Gasteiger partial charge in [0.25, 0.3) is 0 Å². The van der Waals surface area contributed by atoms with Gasteiger partial charge in [-0.25, -0.2) is 0 Å². The minimum Gasteiger partial charge on any atom is -0.496 e. The van der Waals surface area contributed by atoms with Gasteiger partial charge in [-0.2, -0.15) is 9.61 Å². The van der Waals surface area contributed by atoms with Crippen LogP contribution in [0.1, 0.15) is 10.8 Å². The Morgan fingerprint density at radius 3 is 2.87 bits per heavy atom. The maximum atomic E-state index is 5.39. The van der Waals surface area contributed by atoms with Gasteiger partial charge in [0.2, 0.25) is 4.96 Å². The number of rotatable bonds is 4. The van der Waals surface area contributed by atoms with Gasteiger partial charge >= 0.3 is 0 Å². The lowest BCUT2D eigenvalue weighted by Crippen LogP contribution is -1.94. The number of hydrogen-bond acceptors (Lipinski definition) is 6. The molecule has 0 radical (unpaired) electrons. The van der Waals surface area contributed by atoms with Gasteiger partial charge in [-0.1, -0.05) is 23.5 Å². The minimum atomic E-state index is 0.659. The number of aromatic nitrogens is 4. The molecule has 0 saturated heterocycles. The highest BCUT2D eigenvalue weighted by atomic mass is 32.1. The summed E-state index contributed by atoms with van der Waals surface area (Å²) in [5, 5.41) is 13.8. The maximum Gasteiger partial charge on any atom is 0.235 e. The van der Waals surface area contributed by atoms with E-state index in [2.05, 4.69) is 15.3 Å². The van der Waals surface area contributed by atoms with Crippen LogP contribution in [0.3, 0.4) is 0 Å². The number of ether oxygens (including phenoxy) is 1. The van der Waals surface area contributed by atoms with Crippen LogP contribution in [0.2, 0.25) is 0 Å². The Morgan fingerprint density at radius 1 is 1.13 bits per heavy atom. The Labute approximate surface area is 135 Å². The van der Waals surface area contributed by atoms with E-state index < -0.39 is 0 Å². The van der Waals surface area contributed by atoms with Crippen molar-refractivity contribution in [3.8, 4) is 17.1 Å². The number of nitrogens with zero attached hydrogens (tertiary/aromatic N) is 4. The largest absolute Gasteiger partial charge is 0.496 e. The SMILES string of the molecule is COc1ccccc1-c1nnc2sc(/C=C/c3ccco3)nn12. The molecule has 0 saturated carbocycles. The molecule has 7 heteroatoms. The van der Waals surface area contributed by atoms with E-state index in [1.165, 1.54) is 11.3 Å². The first-order valence-corrected chi connectivity index (χ1v) is 7.74. The topological polar surface area (TPSA) is 65.5 Å². The molecule has 0 amide bonds. The van der Waals surface area contributed by atoms with Crippen LogP contribution in [-0.4, -0.2) is 26.9 Å². The molecule has 3 heterocycles. The molecule has 0 atom stereocenters. The number of para-hydroxylation sites is 1. The van der Waals surface area contributed by atoms with E-state index in [0.29, 0.717) is 5.82 Å². The summed E-state index contributed by atoms with van der Waals surface area (Å²) in [4.78, 5) is 0.727. The molecule has 6 nitrogen and oxygen atoms in total. The summed E-state index contributed by atoms with van der Waals surface area (Å²) >= 11 is 1.46. The molecule has 0 aliphatic rings. The molecule has 3 aromatic heterocycles. The second kappa shape index (κ2) is 5.69. The first-order valence-electron chi connectivity index (χ1n) is 6.92. The van der Waals surface area contributed by atoms with Crippen molar-refractivity contribution < 1.29 is 9.15 Å². The zero-order valence-corrected chi connectivity index (χ0v) is 13.0. The average molecular weight is 324 g/mol. The number of methoxy groups -OCH3 is 1. The fourth-order valence-electron chi connectivity index (χ4n) is 2.24. The van der Waals surface area contributed by atoms with Crippen LogP contribution in [0.4, 0.5) is 0 Å². The molecule has 114 valence electrons. The predicted molar refractivity (Wildman–Crippen MR) is 88.3 cm³/mol. The quantitative estimate of drug-likeness (QED) is 0.573. The summed E-state index contributed by atoms with van der Waals surface area (Å²) in [6.45, 7) is 0. The van der Waals surface area contributed by atoms with E-state index in [1.807, 2.05) is 48.6 Å². The Hall–Kier alpha value is -2.93. The van der Waals surface area contributed by atoms with Crippen LogP contribution in [0.15, 0.2) is 47.1 Å². The standard InChI is InChI=1S/C16H12N4O2S/c1-21-13-7-3-2-6-12(13)15-17-18-16-20(15)19-14(23-16)9-8-11-5-4-10-22-11/h2-10H,1H3/b9-8+. The van der Waals surface area contributed by atoms with Gasteiger partial charge < -0.3 is 9.15 Å². The number of furan rings is 1. The Kier molecular flexibility index (Phi) is 3.39. The molecule has 1 aromatic carbocycles. The molecule has 4 rings (SSSR count). The Morgan fingerprint density at radius 2 is 2.04 bits per heavy atom. The summed E-state index contributed by atoms with van der Waals surface area (Å²) in [7, 11) is 1.63. The van der Waals surface area contributed by atoms with E-state index in [0.717, 1.165) is 27.0 Å². The fourth-order valence-corrected chi connectivity index (χ4v) is 2.98. The lowest BCUT2D eigenvalue weighted by molar-refractivity contribution is 0.416. The lowest BCUT2D eigenvalue weighted by atomic mass is 10.2. The molecule has 0 bridgehead atoms. The van der Waals surface area contributed by atoms with Gasteiger partial charge in [-0.05, 0) is 36.4 Å². The molecular formula is C16H12N4O2S. The first kappa shape index (κ1) is 13.7. The van der Waals surface area contributed by atoms with Crippen molar-refractivity contribution >= 4 is 28.4 Å². The van der Waals surface area contributed by atoms with E-state index in [9.17, 15) is 0 Å². The van der Waals surface area contributed by atoms with Gasteiger partial charge in [0.15, 0.2) is 5.82 Å². The molecule has 0 unspecified atom stereocenters. The van der Waals surface area contributed by atoms with E-state index in [4.69, 9.17) is 9.15 Å². The van der Waals surface area contributed by atoms with E-state index in [-0.39, 0.29) is 0 Å². The molecule has 0 N–H and O–H groups in total. The minimum absolute atomic E-state index is 0.659. The van der Waals surface area contributed by atoms with Crippen LogP contribution >= 0.6 is 11.3 Å². The van der Waals surface area contributed by atoms with Crippen molar-refractivity contribution in [3.63, 3.8) is 0 Å². The summed E-state index contributed by atoms with van der Waals surface area (Å²) in [5.74, 6) is 2.18. The van der Waals surface area contributed by atoms with Crippen LogP contribution in [0.25, 0.3) is 28.5 Å². The average Bonchev–Trinajstić information content (AvgIpc) is 3.29. The van der Waals surface area contributed by atoms with E-state index in [1.54, 1.807) is 17.9 Å². The molecular weight excluding hydrogens is 312 g/mol. The normalized spacial score (nSPS) is 11.5. The smallest absolute Gasteiger partial charge is 0.235 e. The summed E-state index contributed by atoms with van der Waals surface area (Å²) in [6.07, 6.45) is 5.40. The molecule has 0 fully saturated rings. The second-order valence-electron chi connectivity index (χ2n) is 4.71. The summed E-state index contributed by atoms with van der Waals surface area (Å²) < 4.78 is 12.4. The van der Waals surface area contributed by atoms with Gasteiger partial charge in [-0.15, -0.1) is 10.2 Å². The van der Waals surface area contributed by atoms with E-state index >= 15 is 0 Å². The highest BCUT2D eigenvalue weighted by Crippen LogP contribution is 2.29. The highest BCUT2D eigenvalue weighted by molar-refractivity contribution is 7.17. The third kappa shape index (κ3) is 2.51. The zero-order valence-electron chi connectivity index (χ0n) is 12.2. The first-order chi connectivity index (χ1) is 11.3. The van der Waals surface area contributed by atoms with Gasteiger partial charge in [0.1, 0.15) is 16.5 Å². The third-order valence-corrected chi connectivity index (χ3v) is 4.15. The number of fused-ring (bicyclic) bond motifs is 1. The van der Waals surface area contributed by atoms with Crippen molar-refractivity contribution in [2.75, 3.05) is 7.11 Å². The van der Waals surface area contributed by atoms with Gasteiger partial charge in [0.05, 0.1) is 18.9 Å². The van der Waals surface area contributed by atoms with Crippen LogP contribution in [-0.2, 0) is 0 Å². The van der Waals surface area contributed by atoms with Gasteiger partial charge in [-0.3, -0.25) is 0 Å². The third-order valence-electron chi connectivity index (χ3n) is 3.29. The maximum absolute atomic E-state index is 5.39. The van der Waals surface area contributed by atoms with Crippen molar-refractivity contribution in [2.45, 2.75) is 0 Å². The molecule has 0 aliphatic heterocycles. The summed E-state index contributed by atoms with van der Waals surface area (Å²) in [5.41, 5.74) is 0.856. The second-order valence-corrected chi connectivity index (χ2v) is 5.69. The zero-order chi connectivity index (χ0) is 15.6. The summed E-state index contributed by atoms with van der Waals surface area (Å²) in [6, 6.07) is 11.4. The monoisotopic (exact) mass is 324 g/mol. The van der Waals surface area contributed by atoms with Crippen LogP contribution in [0, 0.1) is 0 Å². The number of benzene rings is 1. The van der Waals surface area contributed by atoms with Gasteiger partial charge in [0, 0.05) is 0 Å². The van der Waals surface area contributed by atoms with Crippen LogP contribution in [0.5, 0.6) is 5.75 Å². The van der Waals surface area contributed by atoms with Crippen molar-refractivity contribution in [2.24, 2.45) is 0 Å². The van der Waals surface area contributed by atoms with Crippen molar-refractivity contribution in [1.82, 2.24) is 19.8 Å². The van der Waals surface area contributed by atoms with Crippen LogP contribution < -0.4 is 4.74 Å². The Balaban J connectivity index is 1.75. The molecule has 0 aliphatic carbocycles. The van der Waals surface area contributed by atoms with Crippen molar-refractivity contribution in [3.05, 3.63) is 53.4 Å². The highest BCUT2D eigenvalue weighted by Gasteiger charge is 2.15. The lowest BCUT2D eigenvalue weighted by Gasteiger charge is -2.04. The number of hydrogen-bond donors (Lipinski definition) is 0.